The van der Waals surface area contributed by atoms with Gasteiger partial charge in [0.25, 0.3) is 0 Å². The third-order valence-corrected chi connectivity index (χ3v) is 3.08. The predicted molar refractivity (Wildman–Crippen MR) is 74.1 cm³/mol. The second-order valence-electron chi connectivity index (χ2n) is 4.93. The zero-order chi connectivity index (χ0) is 14.5. The molecule has 0 spiro atoms. The molecule has 0 fully saturated rings. The van der Waals surface area contributed by atoms with Gasteiger partial charge in [-0.2, -0.15) is 5.26 Å². The Morgan fingerprint density at radius 1 is 1.42 bits per heavy atom. The molecule has 0 aliphatic heterocycles. The first kappa shape index (κ1) is 14.9. The van der Waals surface area contributed by atoms with Gasteiger partial charge in [0.05, 0.1) is 23.8 Å². The highest BCUT2D eigenvalue weighted by Crippen LogP contribution is 2.12. The van der Waals surface area contributed by atoms with E-state index < -0.39 is 5.54 Å². The highest BCUT2D eigenvalue weighted by atomic mass is 16.3. The summed E-state index contributed by atoms with van der Waals surface area (Å²) in [5.74, 6) is -0.177. The van der Waals surface area contributed by atoms with Crippen LogP contribution in [0.2, 0.25) is 0 Å². The van der Waals surface area contributed by atoms with Crippen LogP contribution in [-0.4, -0.2) is 35.1 Å². The van der Waals surface area contributed by atoms with Crippen LogP contribution in [0.1, 0.15) is 25.0 Å². The molecule has 4 nitrogen and oxygen atoms in total. The molecule has 0 heterocycles. The first-order valence-corrected chi connectivity index (χ1v) is 5.97. The maximum atomic E-state index is 11.9. The normalized spacial score (nSPS) is 11.3. The minimum atomic E-state index is -0.591. The Kier molecular flexibility index (Phi) is 4.85. The molecular weight excluding hydrogens is 240 g/mol. The number of carbonyl (C=O) groups is 1. The lowest BCUT2D eigenvalue weighted by atomic mass is 10.1. The van der Waals surface area contributed by atoms with E-state index >= 15 is 0 Å². The Balaban J connectivity index is 2.76. The fourth-order valence-electron chi connectivity index (χ4n) is 1.35. The average molecular weight is 258 g/mol. The van der Waals surface area contributed by atoms with Gasteiger partial charge in [0.2, 0.25) is 5.91 Å². The first-order chi connectivity index (χ1) is 8.90. The van der Waals surface area contributed by atoms with Crippen LogP contribution >= 0.6 is 0 Å². The molecule has 0 radical (unpaired) electrons. The number of aliphatic hydroxyl groups is 1. The topological polar surface area (TPSA) is 64.3 Å². The molecule has 0 aliphatic carbocycles. The summed E-state index contributed by atoms with van der Waals surface area (Å²) in [6, 6.07) is 8.99. The van der Waals surface area contributed by atoms with Crippen LogP contribution < -0.4 is 0 Å². The van der Waals surface area contributed by atoms with Crippen molar-refractivity contribution in [1.29, 1.82) is 5.26 Å². The summed E-state index contributed by atoms with van der Waals surface area (Å²) < 4.78 is 0. The van der Waals surface area contributed by atoms with Crippen LogP contribution in [-0.2, 0) is 4.79 Å². The molecule has 1 aromatic carbocycles. The van der Waals surface area contributed by atoms with Crippen LogP contribution in [0.15, 0.2) is 30.3 Å². The molecular formula is C15H18N2O2. The molecule has 0 bridgehead atoms. The van der Waals surface area contributed by atoms with Crippen LogP contribution in [0.4, 0.5) is 0 Å². The Morgan fingerprint density at radius 3 is 2.47 bits per heavy atom. The molecule has 0 aromatic heterocycles. The quantitative estimate of drug-likeness (QED) is 0.837. The van der Waals surface area contributed by atoms with E-state index in [2.05, 4.69) is 0 Å². The van der Waals surface area contributed by atoms with Crippen molar-refractivity contribution >= 4 is 12.0 Å². The smallest absolute Gasteiger partial charge is 0.246 e. The standard InChI is InChI=1S/C15H18N2O2/c1-15(2,11-18)17(3)14(19)9-8-12-4-6-13(10-16)7-5-12/h4-9,18H,11H2,1-3H3/b9-8+. The van der Waals surface area contributed by atoms with Crippen molar-refractivity contribution in [2.75, 3.05) is 13.7 Å². The average Bonchev–Trinajstić information content (AvgIpc) is 2.44. The molecule has 1 amide bonds. The Hall–Kier alpha value is -2.12. The Bertz CT molecular complexity index is 510. The number of hydrogen-bond acceptors (Lipinski definition) is 3. The van der Waals surface area contributed by atoms with E-state index in [1.165, 1.54) is 11.0 Å². The minimum absolute atomic E-state index is 0.0973. The fraction of sp³-hybridized carbons (Fsp3) is 0.333. The van der Waals surface area contributed by atoms with Crippen molar-refractivity contribution in [3.05, 3.63) is 41.5 Å². The summed E-state index contributed by atoms with van der Waals surface area (Å²) in [4.78, 5) is 13.4. The van der Waals surface area contributed by atoms with E-state index in [0.29, 0.717) is 5.56 Å². The van der Waals surface area contributed by atoms with Crippen molar-refractivity contribution in [2.45, 2.75) is 19.4 Å². The number of hydrogen-bond donors (Lipinski definition) is 1. The number of amides is 1. The van der Waals surface area contributed by atoms with Gasteiger partial charge < -0.3 is 10.0 Å². The summed E-state index contributed by atoms with van der Waals surface area (Å²) in [7, 11) is 1.65. The van der Waals surface area contributed by atoms with Gasteiger partial charge in [0.15, 0.2) is 0 Å². The van der Waals surface area contributed by atoms with Gasteiger partial charge in [-0.05, 0) is 37.6 Å². The number of nitrogens with zero attached hydrogens (tertiary/aromatic N) is 2. The van der Waals surface area contributed by atoms with E-state index in [9.17, 15) is 9.90 Å². The highest BCUT2D eigenvalue weighted by Gasteiger charge is 2.25. The van der Waals surface area contributed by atoms with Crippen LogP contribution in [0.25, 0.3) is 6.08 Å². The van der Waals surface area contributed by atoms with Crippen LogP contribution in [0, 0.1) is 11.3 Å². The van der Waals surface area contributed by atoms with Gasteiger partial charge in [0, 0.05) is 13.1 Å². The number of nitriles is 1. The van der Waals surface area contributed by atoms with Gasteiger partial charge in [-0.25, -0.2) is 0 Å². The Labute approximate surface area is 113 Å². The van der Waals surface area contributed by atoms with Gasteiger partial charge in [-0.3, -0.25) is 4.79 Å². The summed E-state index contributed by atoms with van der Waals surface area (Å²) in [5.41, 5.74) is 0.844. The Morgan fingerprint density at radius 2 is 2.00 bits per heavy atom. The lowest BCUT2D eigenvalue weighted by Crippen LogP contribution is -2.47. The van der Waals surface area contributed by atoms with E-state index in [0.717, 1.165) is 5.56 Å². The lowest BCUT2D eigenvalue weighted by molar-refractivity contribution is -0.130. The maximum Gasteiger partial charge on any atom is 0.246 e. The van der Waals surface area contributed by atoms with Crippen LogP contribution in [0.5, 0.6) is 0 Å². The summed E-state index contributed by atoms with van der Waals surface area (Å²) in [6.45, 7) is 3.49. The van der Waals surface area contributed by atoms with Gasteiger partial charge in [-0.1, -0.05) is 12.1 Å². The van der Waals surface area contributed by atoms with Crippen molar-refractivity contribution in [2.24, 2.45) is 0 Å². The number of likely N-dealkylation sites (N-methyl/N-ethyl adjacent to an activating group) is 1. The molecule has 4 heteroatoms. The fourth-order valence-corrected chi connectivity index (χ4v) is 1.35. The SMILES string of the molecule is CN(C(=O)/C=C/c1ccc(C#N)cc1)C(C)(C)CO. The molecule has 0 saturated heterocycles. The number of carbonyl (C=O) groups excluding carboxylic acids is 1. The molecule has 0 aliphatic rings. The summed E-state index contributed by atoms with van der Waals surface area (Å²) in [5, 5.41) is 17.9. The molecule has 100 valence electrons. The van der Waals surface area contributed by atoms with E-state index in [-0.39, 0.29) is 12.5 Å². The number of benzene rings is 1. The summed E-state index contributed by atoms with van der Waals surface area (Å²) >= 11 is 0. The van der Waals surface area contributed by atoms with Crippen LogP contribution in [0.3, 0.4) is 0 Å². The van der Waals surface area contributed by atoms with Gasteiger partial charge in [0.1, 0.15) is 0 Å². The molecule has 0 atom stereocenters. The number of rotatable bonds is 4. The summed E-state index contributed by atoms with van der Waals surface area (Å²) in [6.07, 6.45) is 3.15. The van der Waals surface area contributed by atoms with Gasteiger partial charge >= 0.3 is 0 Å². The lowest BCUT2D eigenvalue weighted by Gasteiger charge is -2.33. The molecule has 0 unspecified atom stereocenters. The largest absolute Gasteiger partial charge is 0.394 e. The van der Waals surface area contributed by atoms with Crippen molar-refractivity contribution < 1.29 is 9.90 Å². The predicted octanol–water partition coefficient (Wildman–Crippen LogP) is 1.80. The second kappa shape index (κ2) is 6.17. The van der Waals surface area contributed by atoms with Crippen molar-refractivity contribution in [3.63, 3.8) is 0 Å². The van der Waals surface area contributed by atoms with Crippen molar-refractivity contribution in [3.8, 4) is 6.07 Å². The zero-order valence-electron chi connectivity index (χ0n) is 11.4. The molecule has 1 aromatic rings. The number of aliphatic hydroxyl groups excluding tert-OH is 1. The zero-order valence-corrected chi connectivity index (χ0v) is 11.4. The second-order valence-corrected chi connectivity index (χ2v) is 4.93. The molecule has 1 N–H and O–H groups in total. The molecule has 19 heavy (non-hydrogen) atoms. The van der Waals surface area contributed by atoms with Crippen molar-refractivity contribution in [1.82, 2.24) is 4.90 Å². The first-order valence-electron chi connectivity index (χ1n) is 5.97. The third kappa shape index (κ3) is 3.94. The highest BCUT2D eigenvalue weighted by molar-refractivity contribution is 5.92. The van der Waals surface area contributed by atoms with E-state index in [1.807, 2.05) is 6.07 Å². The monoisotopic (exact) mass is 258 g/mol. The van der Waals surface area contributed by atoms with Gasteiger partial charge in [-0.15, -0.1) is 0 Å². The maximum absolute atomic E-state index is 11.9. The molecule has 0 saturated carbocycles. The minimum Gasteiger partial charge on any atom is -0.394 e. The van der Waals surface area contributed by atoms with E-state index in [1.54, 1.807) is 51.2 Å². The third-order valence-electron chi connectivity index (χ3n) is 3.08. The van der Waals surface area contributed by atoms with E-state index in [4.69, 9.17) is 5.26 Å². The molecule has 1 rings (SSSR count).